The number of carbonyl (C=O) groups is 2. The summed E-state index contributed by atoms with van der Waals surface area (Å²) in [7, 11) is 0. The zero-order valence-electron chi connectivity index (χ0n) is 17.3. The molecule has 1 spiro atoms. The van der Waals surface area contributed by atoms with Crippen molar-refractivity contribution in [1.29, 1.82) is 0 Å². The van der Waals surface area contributed by atoms with Crippen LogP contribution in [0.25, 0.3) is 0 Å². The Morgan fingerprint density at radius 2 is 1.70 bits per heavy atom. The number of thioether (sulfide) groups is 1. The molecule has 0 bridgehead atoms. The lowest BCUT2D eigenvalue weighted by Crippen LogP contribution is -2.53. The molecular weight excluding hydrogens is 394 g/mol. The minimum atomic E-state index is -0.320. The third kappa shape index (κ3) is 3.32. The number of anilines is 1. The Labute approximate surface area is 182 Å². The van der Waals surface area contributed by atoms with Gasteiger partial charge in [-0.25, -0.2) is 9.69 Å². The SMILES string of the molecule is Cc1ccc(N2C(=O)[C@@H]3CSC4(CCN(CCc5ccccc5)CC4)N3C2=O)cc1. The Morgan fingerprint density at radius 1 is 1.00 bits per heavy atom. The first-order valence-electron chi connectivity index (χ1n) is 10.7. The van der Waals surface area contributed by atoms with Gasteiger partial charge in [0.05, 0.1) is 10.6 Å². The van der Waals surface area contributed by atoms with E-state index >= 15 is 0 Å². The number of amides is 3. The zero-order chi connectivity index (χ0) is 20.7. The van der Waals surface area contributed by atoms with E-state index in [4.69, 9.17) is 0 Å². The van der Waals surface area contributed by atoms with Crippen molar-refractivity contribution in [2.75, 3.05) is 30.3 Å². The molecule has 0 unspecified atom stereocenters. The minimum Gasteiger partial charge on any atom is -0.303 e. The number of hydrogen-bond donors (Lipinski definition) is 0. The molecule has 30 heavy (non-hydrogen) atoms. The zero-order valence-corrected chi connectivity index (χ0v) is 18.1. The van der Waals surface area contributed by atoms with Crippen LogP contribution in [0.2, 0.25) is 0 Å². The molecule has 5 nitrogen and oxygen atoms in total. The van der Waals surface area contributed by atoms with Gasteiger partial charge in [-0.2, -0.15) is 0 Å². The Kier molecular flexibility index (Phi) is 5.07. The number of nitrogens with zero attached hydrogens (tertiary/aromatic N) is 3. The van der Waals surface area contributed by atoms with Crippen LogP contribution in [0.3, 0.4) is 0 Å². The molecule has 2 aromatic rings. The minimum absolute atomic E-state index is 0.0697. The third-order valence-electron chi connectivity index (χ3n) is 6.65. The van der Waals surface area contributed by atoms with Crippen LogP contribution in [0, 0.1) is 6.92 Å². The van der Waals surface area contributed by atoms with E-state index in [1.165, 1.54) is 10.5 Å². The second kappa shape index (κ2) is 7.75. The van der Waals surface area contributed by atoms with Crippen LogP contribution >= 0.6 is 11.8 Å². The van der Waals surface area contributed by atoms with Crippen LogP contribution in [0.15, 0.2) is 54.6 Å². The standard InChI is InChI=1S/C24H27N3O2S/c1-18-7-9-20(10-8-18)26-22(28)21-17-30-24(27(21)23(26)29)12-15-25(16-13-24)14-11-19-5-3-2-4-6-19/h2-10,21H,11-17H2,1H3/t21-/m0/s1. The summed E-state index contributed by atoms with van der Waals surface area (Å²) >= 11 is 1.81. The number of fused-ring (bicyclic) bond motifs is 2. The number of imide groups is 1. The van der Waals surface area contributed by atoms with Crippen molar-refractivity contribution in [3.8, 4) is 0 Å². The van der Waals surface area contributed by atoms with Gasteiger partial charge < -0.3 is 4.90 Å². The van der Waals surface area contributed by atoms with Crippen molar-refractivity contribution in [3.63, 3.8) is 0 Å². The Morgan fingerprint density at radius 3 is 2.40 bits per heavy atom. The smallest absolute Gasteiger partial charge is 0.303 e. The summed E-state index contributed by atoms with van der Waals surface area (Å²) in [5.74, 6) is 0.636. The lowest BCUT2D eigenvalue weighted by Gasteiger charge is -2.43. The van der Waals surface area contributed by atoms with E-state index in [0.29, 0.717) is 11.4 Å². The van der Waals surface area contributed by atoms with Gasteiger partial charge in [-0.3, -0.25) is 9.69 Å². The summed E-state index contributed by atoms with van der Waals surface area (Å²) in [6.45, 7) is 4.98. The van der Waals surface area contributed by atoms with Gasteiger partial charge in [-0.15, -0.1) is 11.8 Å². The topological polar surface area (TPSA) is 43.9 Å². The van der Waals surface area contributed by atoms with Crippen LogP contribution in [0.4, 0.5) is 10.5 Å². The second-order valence-electron chi connectivity index (χ2n) is 8.51. The molecule has 156 valence electrons. The van der Waals surface area contributed by atoms with Crippen LogP contribution in [0.5, 0.6) is 0 Å². The number of likely N-dealkylation sites (tertiary alicyclic amines) is 1. The normalized spacial score (nSPS) is 23.4. The van der Waals surface area contributed by atoms with E-state index in [-0.39, 0.29) is 22.9 Å². The fourth-order valence-electron chi connectivity index (χ4n) is 4.88. The lowest BCUT2D eigenvalue weighted by atomic mass is 10.0. The first-order valence-corrected chi connectivity index (χ1v) is 11.7. The predicted octanol–water partition coefficient (Wildman–Crippen LogP) is 3.91. The molecule has 3 aliphatic rings. The highest BCUT2D eigenvalue weighted by Crippen LogP contribution is 2.50. The molecule has 3 amide bonds. The Bertz CT molecular complexity index is 939. The highest BCUT2D eigenvalue weighted by atomic mass is 32.2. The second-order valence-corrected chi connectivity index (χ2v) is 9.89. The number of benzene rings is 2. The van der Waals surface area contributed by atoms with Crippen molar-refractivity contribution in [1.82, 2.24) is 9.80 Å². The fraction of sp³-hybridized carbons (Fsp3) is 0.417. The van der Waals surface area contributed by atoms with Gasteiger partial charge in [0, 0.05) is 25.4 Å². The number of rotatable bonds is 4. The largest absolute Gasteiger partial charge is 0.333 e. The van der Waals surface area contributed by atoms with Crippen molar-refractivity contribution >= 4 is 29.4 Å². The molecule has 5 rings (SSSR count). The summed E-state index contributed by atoms with van der Waals surface area (Å²) in [4.78, 5) is 32.0. The number of urea groups is 1. The van der Waals surface area contributed by atoms with E-state index in [1.54, 1.807) is 0 Å². The molecule has 3 fully saturated rings. The van der Waals surface area contributed by atoms with Crippen molar-refractivity contribution in [2.45, 2.75) is 37.1 Å². The Hall–Kier alpha value is -2.31. The van der Waals surface area contributed by atoms with Gasteiger partial charge in [-0.05, 0) is 43.9 Å². The van der Waals surface area contributed by atoms with Crippen LogP contribution in [-0.2, 0) is 11.2 Å². The molecule has 3 saturated heterocycles. The molecule has 2 aromatic carbocycles. The average Bonchev–Trinajstić information content (AvgIpc) is 3.26. The molecule has 0 aliphatic carbocycles. The highest BCUT2D eigenvalue weighted by molar-refractivity contribution is 8.01. The molecule has 0 aromatic heterocycles. The van der Waals surface area contributed by atoms with E-state index in [0.717, 1.165) is 44.5 Å². The highest BCUT2D eigenvalue weighted by Gasteiger charge is 2.60. The maximum atomic E-state index is 13.4. The van der Waals surface area contributed by atoms with Crippen LogP contribution in [-0.4, -0.2) is 58.0 Å². The molecule has 3 aliphatic heterocycles. The first-order chi connectivity index (χ1) is 14.6. The van der Waals surface area contributed by atoms with Gasteiger partial charge in [0.2, 0.25) is 0 Å². The van der Waals surface area contributed by atoms with Gasteiger partial charge >= 0.3 is 6.03 Å². The quantitative estimate of drug-likeness (QED) is 0.702. The van der Waals surface area contributed by atoms with E-state index in [2.05, 4.69) is 35.2 Å². The molecule has 0 N–H and O–H groups in total. The van der Waals surface area contributed by atoms with Gasteiger partial charge in [0.1, 0.15) is 6.04 Å². The number of carbonyl (C=O) groups excluding carboxylic acids is 2. The number of aryl methyl sites for hydroxylation is 1. The summed E-state index contributed by atoms with van der Waals surface area (Å²) < 4.78 is 0. The van der Waals surface area contributed by atoms with Gasteiger partial charge in [-0.1, -0.05) is 48.0 Å². The summed E-state index contributed by atoms with van der Waals surface area (Å²) in [6.07, 6.45) is 2.89. The van der Waals surface area contributed by atoms with Crippen molar-refractivity contribution < 1.29 is 9.59 Å². The fourth-order valence-corrected chi connectivity index (χ4v) is 6.45. The van der Waals surface area contributed by atoms with E-state index < -0.39 is 0 Å². The summed E-state index contributed by atoms with van der Waals surface area (Å²) in [5.41, 5.74) is 3.17. The molecule has 0 radical (unpaired) electrons. The maximum Gasteiger partial charge on any atom is 0.333 e. The first kappa shape index (κ1) is 19.6. The summed E-state index contributed by atoms with van der Waals surface area (Å²) in [5, 5.41) is 0. The van der Waals surface area contributed by atoms with E-state index in [9.17, 15) is 9.59 Å². The van der Waals surface area contributed by atoms with Gasteiger partial charge in [0.15, 0.2) is 0 Å². The monoisotopic (exact) mass is 421 g/mol. The number of hydrogen-bond acceptors (Lipinski definition) is 4. The van der Waals surface area contributed by atoms with Crippen molar-refractivity contribution in [3.05, 3.63) is 65.7 Å². The molecular formula is C24H27N3O2S. The molecule has 6 heteroatoms. The van der Waals surface area contributed by atoms with Crippen LogP contribution in [0.1, 0.15) is 24.0 Å². The molecule has 3 heterocycles. The summed E-state index contributed by atoms with van der Waals surface area (Å²) in [6, 6.07) is 17.8. The lowest BCUT2D eigenvalue weighted by molar-refractivity contribution is -0.119. The average molecular weight is 422 g/mol. The van der Waals surface area contributed by atoms with Gasteiger partial charge in [0.25, 0.3) is 5.91 Å². The van der Waals surface area contributed by atoms with Crippen LogP contribution < -0.4 is 4.90 Å². The maximum absolute atomic E-state index is 13.4. The number of piperidine rings is 1. The predicted molar refractivity (Wildman–Crippen MR) is 121 cm³/mol. The molecule has 0 saturated carbocycles. The van der Waals surface area contributed by atoms with Crippen molar-refractivity contribution in [2.24, 2.45) is 0 Å². The van der Waals surface area contributed by atoms with E-state index in [1.807, 2.05) is 47.9 Å². The molecule has 1 atom stereocenters. The Balaban J connectivity index is 1.27. The third-order valence-corrected chi connectivity index (χ3v) is 8.28.